The minimum atomic E-state index is -0.202. The Balaban J connectivity index is 1.57. The summed E-state index contributed by atoms with van der Waals surface area (Å²) in [6.45, 7) is 6.38. The van der Waals surface area contributed by atoms with E-state index < -0.39 is 0 Å². The summed E-state index contributed by atoms with van der Waals surface area (Å²) in [4.78, 5) is 24.3. The Kier molecular flexibility index (Phi) is 6.33. The van der Waals surface area contributed by atoms with Crippen molar-refractivity contribution in [1.82, 2.24) is 20.2 Å². The summed E-state index contributed by atoms with van der Waals surface area (Å²) in [5, 5.41) is 17.1. The van der Waals surface area contributed by atoms with E-state index in [9.17, 15) is 9.59 Å². The fraction of sp³-hybridized carbons (Fsp3) is 0.286. The van der Waals surface area contributed by atoms with E-state index in [1.165, 1.54) is 0 Å². The molecule has 0 radical (unpaired) electrons. The molecule has 3 rings (SSSR count). The fourth-order valence-corrected chi connectivity index (χ4v) is 2.75. The lowest BCUT2D eigenvalue weighted by Gasteiger charge is -2.09. The van der Waals surface area contributed by atoms with Crippen molar-refractivity contribution in [2.75, 3.05) is 10.6 Å². The second kappa shape index (κ2) is 9.09. The number of carbonyl (C=O) groups is 2. The largest absolute Gasteiger partial charge is 0.326 e. The Morgan fingerprint density at radius 1 is 0.966 bits per heavy atom. The first-order valence-corrected chi connectivity index (χ1v) is 9.43. The van der Waals surface area contributed by atoms with Crippen molar-refractivity contribution >= 4 is 23.2 Å². The average Bonchev–Trinajstić information content (AvgIpc) is 3.08. The second-order valence-corrected chi connectivity index (χ2v) is 7.26. The van der Waals surface area contributed by atoms with Gasteiger partial charge in [-0.1, -0.05) is 26.0 Å². The Hall–Kier alpha value is -3.55. The van der Waals surface area contributed by atoms with Gasteiger partial charge in [0.25, 0.3) is 5.91 Å². The van der Waals surface area contributed by atoms with Gasteiger partial charge in [0.2, 0.25) is 5.91 Å². The SMILES string of the molecule is Cc1nnnn1Cc1ccc(C(=O)Nc2ccc(NC(=O)CC(C)C)cc2)cc1. The van der Waals surface area contributed by atoms with Gasteiger partial charge in [-0.25, -0.2) is 4.68 Å². The van der Waals surface area contributed by atoms with Crippen molar-refractivity contribution in [2.24, 2.45) is 5.92 Å². The van der Waals surface area contributed by atoms with Crippen LogP contribution < -0.4 is 10.6 Å². The van der Waals surface area contributed by atoms with Crippen molar-refractivity contribution < 1.29 is 9.59 Å². The number of nitrogens with zero attached hydrogens (tertiary/aromatic N) is 4. The average molecular weight is 392 g/mol. The summed E-state index contributed by atoms with van der Waals surface area (Å²) in [5.74, 6) is 0.813. The number of rotatable bonds is 7. The van der Waals surface area contributed by atoms with Gasteiger partial charge in [-0.2, -0.15) is 0 Å². The zero-order valence-corrected chi connectivity index (χ0v) is 16.7. The first-order chi connectivity index (χ1) is 13.9. The summed E-state index contributed by atoms with van der Waals surface area (Å²) in [7, 11) is 0. The van der Waals surface area contributed by atoms with Crippen LogP contribution in [0.3, 0.4) is 0 Å². The molecule has 8 heteroatoms. The van der Waals surface area contributed by atoms with Crippen molar-refractivity contribution in [3.05, 3.63) is 65.5 Å². The molecule has 1 heterocycles. The van der Waals surface area contributed by atoms with E-state index in [2.05, 4.69) is 26.2 Å². The van der Waals surface area contributed by atoms with Gasteiger partial charge in [0.1, 0.15) is 5.82 Å². The van der Waals surface area contributed by atoms with E-state index in [1.54, 1.807) is 41.1 Å². The minimum absolute atomic E-state index is 0.0197. The van der Waals surface area contributed by atoms with Gasteiger partial charge in [0.15, 0.2) is 0 Å². The van der Waals surface area contributed by atoms with Crippen LogP contribution in [0.25, 0.3) is 0 Å². The third-order valence-electron chi connectivity index (χ3n) is 4.28. The van der Waals surface area contributed by atoms with E-state index >= 15 is 0 Å². The quantitative estimate of drug-likeness (QED) is 0.642. The Labute approximate surface area is 169 Å². The Bertz CT molecular complexity index is 977. The molecule has 0 fully saturated rings. The number of anilines is 2. The molecule has 0 atom stereocenters. The molecule has 8 nitrogen and oxygen atoms in total. The molecule has 150 valence electrons. The van der Waals surface area contributed by atoms with Gasteiger partial charge in [-0.05, 0) is 65.2 Å². The maximum absolute atomic E-state index is 12.5. The molecule has 0 aliphatic carbocycles. The molecule has 2 aromatic carbocycles. The zero-order valence-electron chi connectivity index (χ0n) is 16.7. The Morgan fingerprint density at radius 3 is 2.14 bits per heavy atom. The highest BCUT2D eigenvalue weighted by atomic mass is 16.2. The van der Waals surface area contributed by atoms with Gasteiger partial charge in [-0.15, -0.1) is 5.10 Å². The third-order valence-corrected chi connectivity index (χ3v) is 4.28. The van der Waals surface area contributed by atoms with Gasteiger partial charge >= 0.3 is 0 Å². The van der Waals surface area contributed by atoms with Gasteiger partial charge < -0.3 is 10.6 Å². The van der Waals surface area contributed by atoms with E-state index in [0.717, 1.165) is 11.4 Å². The molecule has 0 bridgehead atoms. The smallest absolute Gasteiger partial charge is 0.255 e. The number of carbonyl (C=O) groups excluding carboxylic acids is 2. The van der Waals surface area contributed by atoms with Crippen LogP contribution in [0.5, 0.6) is 0 Å². The highest BCUT2D eigenvalue weighted by Gasteiger charge is 2.09. The molecule has 0 saturated heterocycles. The molecular weight excluding hydrogens is 368 g/mol. The topological polar surface area (TPSA) is 102 Å². The molecule has 29 heavy (non-hydrogen) atoms. The van der Waals surface area contributed by atoms with Gasteiger partial charge in [0.05, 0.1) is 6.54 Å². The van der Waals surface area contributed by atoms with E-state index in [4.69, 9.17) is 0 Å². The number of tetrazole rings is 1. The lowest BCUT2D eigenvalue weighted by molar-refractivity contribution is -0.116. The predicted molar refractivity (Wildman–Crippen MR) is 111 cm³/mol. The van der Waals surface area contributed by atoms with Gasteiger partial charge in [-0.3, -0.25) is 9.59 Å². The molecule has 0 unspecified atom stereocenters. The first-order valence-electron chi connectivity index (χ1n) is 9.43. The lowest BCUT2D eigenvalue weighted by Crippen LogP contribution is -2.14. The second-order valence-electron chi connectivity index (χ2n) is 7.26. The number of hydrogen-bond acceptors (Lipinski definition) is 5. The van der Waals surface area contributed by atoms with Crippen molar-refractivity contribution in [3.8, 4) is 0 Å². The number of nitrogens with one attached hydrogen (secondary N) is 2. The monoisotopic (exact) mass is 392 g/mol. The number of hydrogen-bond donors (Lipinski definition) is 2. The minimum Gasteiger partial charge on any atom is -0.326 e. The van der Waals surface area contributed by atoms with Crippen LogP contribution in [-0.4, -0.2) is 32.0 Å². The number of amides is 2. The Morgan fingerprint density at radius 2 is 1.59 bits per heavy atom. The van der Waals surface area contributed by atoms with Crippen LogP contribution in [0.15, 0.2) is 48.5 Å². The zero-order chi connectivity index (χ0) is 20.8. The van der Waals surface area contributed by atoms with E-state index in [-0.39, 0.29) is 11.8 Å². The standard InChI is InChI=1S/C21H24N6O2/c1-14(2)12-20(28)22-18-8-10-19(11-9-18)23-21(29)17-6-4-16(5-7-17)13-27-15(3)24-25-26-27/h4-11,14H,12-13H2,1-3H3,(H,22,28)(H,23,29). The van der Waals surface area contributed by atoms with Crippen LogP contribution in [0.2, 0.25) is 0 Å². The van der Waals surface area contributed by atoms with Crippen LogP contribution in [-0.2, 0) is 11.3 Å². The summed E-state index contributed by atoms with van der Waals surface area (Å²) >= 11 is 0. The molecule has 0 spiro atoms. The van der Waals surface area contributed by atoms with Crippen molar-refractivity contribution in [1.29, 1.82) is 0 Å². The number of aryl methyl sites for hydroxylation is 1. The van der Waals surface area contributed by atoms with Gasteiger partial charge in [0, 0.05) is 23.4 Å². The molecule has 0 aliphatic rings. The van der Waals surface area contributed by atoms with Crippen molar-refractivity contribution in [2.45, 2.75) is 33.7 Å². The molecule has 0 saturated carbocycles. The normalized spacial score (nSPS) is 10.8. The number of aromatic nitrogens is 4. The molecule has 1 aromatic heterocycles. The molecule has 2 amide bonds. The molecule has 0 aliphatic heterocycles. The maximum Gasteiger partial charge on any atom is 0.255 e. The first kappa shape index (κ1) is 20.2. The summed E-state index contributed by atoms with van der Waals surface area (Å²) in [5.41, 5.74) is 2.91. The lowest BCUT2D eigenvalue weighted by atomic mass is 10.1. The molecule has 3 aromatic rings. The summed E-state index contributed by atoms with van der Waals surface area (Å²) < 4.78 is 1.69. The maximum atomic E-state index is 12.5. The van der Waals surface area contributed by atoms with Crippen LogP contribution >= 0.6 is 0 Å². The van der Waals surface area contributed by atoms with Crippen LogP contribution in [0.4, 0.5) is 11.4 Å². The molecule has 2 N–H and O–H groups in total. The highest BCUT2D eigenvalue weighted by Crippen LogP contribution is 2.16. The highest BCUT2D eigenvalue weighted by molar-refractivity contribution is 6.04. The van der Waals surface area contributed by atoms with Crippen LogP contribution in [0.1, 0.15) is 42.0 Å². The fourth-order valence-electron chi connectivity index (χ4n) is 2.75. The number of benzene rings is 2. The van der Waals surface area contributed by atoms with E-state index in [1.807, 2.05) is 32.9 Å². The van der Waals surface area contributed by atoms with Crippen LogP contribution in [0, 0.1) is 12.8 Å². The molecular formula is C21H24N6O2. The summed E-state index contributed by atoms with van der Waals surface area (Å²) in [6, 6.07) is 14.4. The third kappa shape index (κ3) is 5.71. The predicted octanol–water partition coefficient (Wildman–Crippen LogP) is 3.27. The van der Waals surface area contributed by atoms with Crippen molar-refractivity contribution in [3.63, 3.8) is 0 Å². The summed E-state index contributed by atoms with van der Waals surface area (Å²) in [6.07, 6.45) is 0.474. The van der Waals surface area contributed by atoms with E-state index in [0.29, 0.717) is 35.8 Å².